The van der Waals surface area contributed by atoms with Crippen molar-refractivity contribution in [2.45, 2.75) is 19.8 Å². The fraction of sp³-hybridized carbons (Fsp3) is 0.294. The first-order valence-electron chi connectivity index (χ1n) is 8.07. The summed E-state index contributed by atoms with van der Waals surface area (Å²) in [5.74, 6) is -1.61. The number of carbonyl (C=O) groups is 1. The average molecular weight is 390 g/mol. The molecule has 0 fully saturated rings. The predicted molar refractivity (Wildman–Crippen MR) is 94.9 cm³/mol. The Morgan fingerprint density at radius 2 is 2.00 bits per heavy atom. The summed E-state index contributed by atoms with van der Waals surface area (Å²) >= 11 is 0. The third-order valence-electron chi connectivity index (χ3n) is 4.04. The van der Waals surface area contributed by atoms with Crippen LogP contribution in [0.2, 0.25) is 0 Å². The normalized spacial score (nSPS) is 16.7. The van der Waals surface area contributed by atoms with Gasteiger partial charge in [0.15, 0.2) is 0 Å². The van der Waals surface area contributed by atoms with Gasteiger partial charge in [-0.15, -0.1) is 5.39 Å². The molecule has 28 heavy (non-hydrogen) atoms. The van der Waals surface area contributed by atoms with Crippen LogP contribution in [0.25, 0.3) is 0 Å². The predicted octanol–water partition coefficient (Wildman–Crippen LogP) is 1.80. The molecule has 1 atom stereocenters. The molecule has 1 aromatic carbocycles. The zero-order chi connectivity index (χ0) is 20.8. The van der Waals surface area contributed by atoms with E-state index in [4.69, 9.17) is 15.2 Å². The van der Waals surface area contributed by atoms with Crippen molar-refractivity contribution in [1.29, 1.82) is 5.26 Å². The lowest BCUT2D eigenvalue weighted by Gasteiger charge is -2.30. The van der Waals surface area contributed by atoms with Crippen molar-refractivity contribution in [1.82, 2.24) is 10.7 Å². The van der Waals surface area contributed by atoms with E-state index in [0.717, 1.165) is 0 Å². The number of anilines is 1. The number of nitrogens with one attached hydrogen (secondary N) is 1. The molecule has 1 heterocycles. The molecule has 0 amide bonds. The van der Waals surface area contributed by atoms with Crippen LogP contribution in [0.15, 0.2) is 46.8 Å². The maximum atomic E-state index is 12.6. The third-order valence-corrected chi connectivity index (χ3v) is 4.04. The number of rotatable bonds is 7. The van der Waals surface area contributed by atoms with Gasteiger partial charge in [0, 0.05) is 11.4 Å². The van der Waals surface area contributed by atoms with Crippen LogP contribution in [0.3, 0.4) is 0 Å². The van der Waals surface area contributed by atoms with Crippen molar-refractivity contribution in [3.8, 4) is 6.07 Å². The van der Waals surface area contributed by atoms with E-state index in [1.807, 2.05) is 0 Å². The van der Waals surface area contributed by atoms with Crippen LogP contribution in [0.1, 0.15) is 25.3 Å². The lowest BCUT2D eigenvalue weighted by molar-refractivity contribution is -0.307. The molecule has 1 aromatic rings. The van der Waals surface area contributed by atoms with Gasteiger partial charge in [-0.05, 0) is 31.5 Å². The third kappa shape index (κ3) is 4.84. The van der Waals surface area contributed by atoms with E-state index in [0.29, 0.717) is 17.0 Å². The van der Waals surface area contributed by atoms with Crippen molar-refractivity contribution >= 4 is 11.7 Å². The summed E-state index contributed by atoms with van der Waals surface area (Å²) in [6.45, 7) is 2.60. The number of nitriles is 1. The second-order valence-electron chi connectivity index (χ2n) is 5.82. The number of esters is 1. The van der Waals surface area contributed by atoms with E-state index in [2.05, 4.69) is 16.2 Å². The smallest absolute Gasteiger partial charge is 0.336 e. The highest BCUT2D eigenvalue weighted by atomic mass is 17.1. The molecule has 0 spiro atoms. The molecule has 0 aliphatic carbocycles. The molecule has 0 radical (unpaired) electrons. The molecule has 150 valence electrons. The number of dihydropyridines is 1. The highest BCUT2D eigenvalue weighted by molar-refractivity contribution is 5.93. The maximum Gasteiger partial charge on any atom is 0.336 e. The molecule has 0 saturated carbocycles. The Morgan fingerprint density at radius 3 is 2.61 bits per heavy atom. The van der Waals surface area contributed by atoms with Gasteiger partial charge in [-0.25, -0.2) is 4.79 Å². The number of benzene rings is 1. The second kappa shape index (κ2) is 9.29. The monoisotopic (exact) mass is 390 g/mol. The minimum absolute atomic E-state index is 0.0665. The van der Waals surface area contributed by atoms with Gasteiger partial charge >= 0.3 is 5.97 Å². The molecule has 11 nitrogen and oxygen atoms in total. The first-order chi connectivity index (χ1) is 13.3. The Morgan fingerprint density at radius 1 is 1.29 bits per heavy atom. The van der Waals surface area contributed by atoms with Gasteiger partial charge < -0.3 is 30.9 Å². The number of ether oxygens (including phenoxy) is 1. The Hall–Kier alpha value is -2.98. The topological polar surface area (TPSA) is 164 Å². The van der Waals surface area contributed by atoms with Crippen molar-refractivity contribution < 1.29 is 24.8 Å². The van der Waals surface area contributed by atoms with Crippen molar-refractivity contribution in [2.75, 3.05) is 18.4 Å². The number of allylic oxidation sites excluding steroid dienone is 3. The second-order valence-corrected chi connectivity index (χ2v) is 5.82. The van der Waals surface area contributed by atoms with Crippen LogP contribution in [0.4, 0.5) is 5.69 Å². The number of carbonyl (C=O) groups excluding carboxylic acids is 1. The van der Waals surface area contributed by atoms with Gasteiger partial charge in [-0.3, -0.25) is 10.0 Å². The van der Waals surface area contributed by atoms with Gasteiger partial charge in [0.2, 0.25) is 0 Å². The molecule has 1 aliphatic heterocycles. The largest absolute Gasteiger partial charge is 0.738 e. The number of hydrogen-bond donors (Lipinski definition) is 3. The molecule has 1 aliphatic rings. The zero-order valence-electron chi connectivity index (χ0n) is 15.1. The highest BCUT2D eigenvalue weighted by Gasteiger charge is 2.34. The van der Waals surface area contributed by atoms with Gasteiger partial charge in [0.1, 0.15) is 13.2 Å². The molecule has 2 rings (SSSR count). The summed E-state index contributed by atoms with van der Waals surface area (Å²) in [5.41, 5.74) is 1.69. The minimum atomic E-state index is -0.839. The first-order valence-corrected chi connectivity index (χ1v) is 8.07. The Kier molecular flexibility index (Phi) is 7.07. The summed E-state index contributed by atoms with van der Waals surface area (Å²) < 4.78 is 5.07. The average Bonchev–Trinajstić information content (AvgIpc) is 2.64. The lowest BCUT2D eigenvalue weighted by Crippen LogP contribution is -2.29. The van der Waals surface area contributed by atoms with Crippen molar-refractivity contribution in [3.63, 3.8) is 0 Å². The van der Waals surface area contributed by atoms with Gasteiger partial charge in [0.25, 0.3) is 0 Å². The number of hydrogen-bond acceptors (Lipinski definition) is 11. The van der Waals surface area contributed by atoms with Gasteiger partial charge in [-0.1, -0.05) is 12.1 Å². The van der Waals surface area contributed by atoms with Crippen LogP contribution in [-0.4, -0.2) is 35.0 Å². The van der Waals surface area contributed by atoms with Crippen molar-refractivity contribution in [3.05, 3.63) is 62.8 Å². The molecule has 0 bridgehead atoms. The summed E-state index contributed by atoms with van der Waals surface area (Å²) in [6, 6.07) is 7.90. The van der Waals surface area contributed by atoms with E-state index in [9.17, 15) is 20.5 Å². The van der Waals surface area contributed by atoms with E-state index in [1.165, 1.54) is 18.2 Å². The maximum absolute atomic E-state index is 12.6. The van der Waals surface area contributed by atoms with Crippen molar-refractivity contribution in [2.24, 2.45) is 0 Å². The Bertz CT molecular complexity index is 842. The summed E-state index contributed by atoms with van der Waals surface area (Å²) in [4.78, 5) is 16.9. The van der Waals surface area contributed by atoms with Crippen LogP contribution in [0.5, 0.6) is 0 Å². The number of nitrogens with zero attached hydrogens (tertiary/aromatic N) is 3. The molecule has 0 aromatic heterocycles. The summed E-state index contributed by atoms with van der Waals surface area (Å²) in [7, 11) is 0. The van der Waals surface area contributed by atoms with E-state index < -0.39 is 17.3 Å². The van der Waals surface area contributed by atoms with Crippen LogP contribution < -0.4 is 10.5 Å². The quantitative estimate of drug-likeness (QED) is 0.353. The van der Waals surface area contributed by atoms with Gasteiger partial charge in [0.05, 0.1) is 28.8 Å². The molecule has 0 unspecified atom stereocenters. The molecule has 3 N–H and O–H groups in total. The lowest BCUT2D eigenvalue weighted by atomic mass is 9.81. The first kappa shape index (κ1) is 21.3. The van der Waals surface area contributed by atoms with Crippen LogP contribution >= 0.6 is 0 Å². The summed E-state index contributed by atoms with van der Waals surface area (Å²) in [6.07, 6.45) is 0. The summed E-state index contributed by atoms with van der Waals surface area (Å²) in [5, 5.41) is 50.5. The van der Waals surface area contributed by atoms with Crippen LogP contribution in [-0.2, 0) is 14.4 Å². The fourth-order valence-electron chi connectivity index (χ4n) is 2.90. The Labute approximate surface area is 160 Å². The van der Waals surface area contributed by atoms with E-state index in [-0.39, 0.29) is 35.3 Å². The standard InChI is InChI=1S/C17H18N4O7/c1-10-14(9-18)16(12-4-3-5-13(8-12)20(23)24)15(11(2)19-10)17(22)27-6-7-28-21(25)26/h3-5,8,16,19,23,25H,6-7H2,1-2H3/q-2/t16-/m0/s1. The molecular formula is C17H18N4O7-2. The molecule has 0 saturated heterocycles. The fourth-order valence-corrected chi connectivity index (χ4v) is 2.90. The molecular weight excluding hydrogens is 372 g/mol. The minimum Gasteiger partial charge on any atom is -0.738 e. The Balaban J connectivity index is 2.38. The van der Waals surface area contributed by atoms with E-state index >= 15 is 0 Å². The van der Waals surface area contributed by atoms with Gasteiger partial charge in [-0.2, -0.15) is 5.26 Å². The highest BCUT2D eigenvalue weighted by Crippen LogP contribution is 2.39. The zero-order valence-corrected chi connectivity index (χ0v) is 15.1. The molecule has 11 heteroatoms. The van der Waals surface area contributed by atoms with E-state index in [1.54, 1.807) is 19.9 Å². The SMILES string of the molecule is CC1=C(C#N)[C@H](c2cccc(N([O-])O)c2)C(C(=O)OCCON([O-])O)=C(C)N1. The van der Waals surface area contributed by atoms with Crippen LogP contribution in [0, 0.1) is 21.7 Å².